The van der Waals surface area contributed by atoms with Crippen molar-refractivity contribution in [2.75, 3.05) is 0 Å². The molecule has 0 radical (unpaired) electrons. The number of nitrogens with one attached hydrogen (secondary N) is 1. The maximum Gasteiger partial charge on any atom is 0.130 e. The van der Waals surface area contributed by atoms with Gasteiger partial charge in [-0.3, -0.25) is 0 Å². The lowest BCUT2D eigenvalue weighted by Gasteiger charge is -2.08. The molecule has 19 heavy (non-hydrogen) atoms. The maximum atomic E-state index is 11.0. The Morgan fingerprint density at radius 2 is 1.84 bits per heavy atom. The molecule has 0 unspecified atom stereocenters. The van der Waals surface area contributed by atoms with Gasteiger partial charge < -0.3 is 9.78 Å². The highest BCUT2D eigenvalue weighted by atomic mass is 16.1. The van der Waals surface area contributed by atoms with E-state index in [9.17, 15) is 4.79 Å². The molecule has 3 nitrogen and oxygen atoms in total. The van der Waals surface area contributed by atoms with Crippen LogP contribution in [0.3, 0.4) is 0 Å². The van der Waals surface area contributed by atoms with Crippen LogP contribution in [0.1, 0.15) is 35.9 Å². The van der Waals surface area contributed by atoms with Crippen LogP contribution in [0, 0.1) is 20.8 Å². The lowest BCUT2D eigenvalue weighted by atomic mass is 9.99. The van der Waals surface area contributed by atoms with E-state index in [2.05, 4.69) is 42.9 Å². The Kier molecular flexibility index (Phi) is 3.84. The van der Waals surface area contributed by atoms with Gasteiger partial charge >= 0.3 is 0 Å². The smallest absolute Gasteiger partial charge is 0.130 e. The normalized spacial score (nSPS) is 10.7. The summed E-state index contributed by atoms with van der Waals surface area (Å²) in [6, 6.07) is 4.38. The number of H-pyrrole nitrogens is 1. The van der Waals surface area contributed by atoms with Crippen molar-refractivity contribution in [3.8, 4) is 11.3 Å². The molecule has 0 aliphatic rings. The number of rotatable bonds is 4. The van der Waals surface area contributed by atoms with Crippen LogP contribution in [0.15, 0.2) is 18.3 Å². The van der Waals surface area contributed by atoms with Gasteiger partial charge in [-0.2, -0.15) is 0 Å². The van der Waals surface area contributed by atoms with Crippen LogP contribution < -0.4 is 0 Å². The molecule has 1 aromatic heterocycles. The molecule has 0 saturated heterocycles. The zero-order chi connectivity index (χ0) is 14.0. The van der Waals surface area contributed by atoms with Crippen LogP contribution in [0.4, 0.5) is 0 Å². The second kappa shape index (κ2) is 5.39. The van der Waals surface area contributed by atoms with Crippen molar-refractivity contribution in [3.05, 3.63) is 40.8 Å². The van der Waals surface area contributed by atoms with Crippen LogP contribution in [0.25, 0.3) is 11.3 Å². The number of nitrogens with zero attached hydrogens (tertiary/aromatic N) is 1. The van der Waals surface area contributed by atoms with Crippen molar-refractivity contribution in [1.82, 2.24) is 9.97 Å². The molecule has 0 bridgehead atoms. The molecule has 1 N–H and O–H groups in total. The lowest BCUT2D eigenvalue weighted by molar-refractivity contribution is -0.117. The third kappa shape index (κ3) is 3.11. The number of benzene rings is 1. The van der Waals surface area contributed by atoms with Crippen molar-refractivity contribution >= 4 is 5.78 Å². The number of ketones is 1. The minimum Gasteiger partial charge on any atom is -0.342 e. The van der Waals surface area contributed by atoms with Gasteiger partial charge in [0.1, 0.15) is 11.6 Å². The van der Waals surface area contributed by atoms with Crippen molar-refractivity contribution in [2.24, 2.45) is 0 Å². The van der Waals surface area contributed by atoms with E-state index in [0.717, 1.165) is 11.5 Å². The fourth-order valence-corrected chi connectivity index (χ4v) is 2.17. The second-order valence-electron chi connectivity index (χ2n) is 5.20. The highest BCUT2D eigenvalue weighted by molar-refractivity contribution is 5.75. The first kappa shape index (κ1) is 13.5. The third-order valence-electron chi connectivity index (χ3n) is 3.47. The van der Waals surface area contributed by atoms with Crippen LogP contribution >= 0.6 is 0 Å². The SMILES string of the molecule is CC(=O)CCc1ncc(-c2cc(C)c(C)cc2C)[nH]1. The van der Waals surface area contributed by atoms with Gasteiger partial charge in [0, 0.05) is 18.4 Å². The summed E-state index contributed by atoms with van der Waals surface area (Å²) < 4.78 is 0. The molecular formula is C16H20N2O. The van der Waals surface area contributed by atoms with E-state index in [-0.39, 0.29) is 5.78 Å². The van der Waals surface area contributed by atoms with Crippen LogP contribution in [-0.2, 0) is 11.2 Å². The first-order valence-corrected chi connectivity index (χ1v) is 6.59. The van der Waals surface area contributed by atoms with Gasteiger partial charge in [0.05, 0.1) is 11.9 Å². The molecule has 0 atom stereocenters. The van der Waals surface area contributed by atoms with Gasteiger partial charge in [0.15, 0.2) is 0 Å². The average molecular weight is 256 g/mol. The van der Waals surface area contributed by atoms with Crippen molar-refractivity contribution in [2.45, 2.75) is 40.5 Å². The van der Waals surface area contributed by atoms with E-state index in [1.165, 1.54) is 22.3 Å². The number of imidazole rings is 1. The van der Waals surface area contributed by atoms with Crippen molar-refractivity contribution < 1.29 is 4.79 Å². The molecule has 100 valence electrons. The molecule has 0 aliphatic heterocycles. The molecule has 1 heterocycles. The molecular weight excluding hydrogens is 236 g/mol. The molecule has 0 amide bonds. The van der Waals surface area contributed by atoms with E-state index in [4.69, 9.17) is 0 Å². The quantitative estimate of drug-likeness (QED) is 0.909. The van der Waals surface area contributed by atoms with Gasteiger partial charge in [-0.25, -0.2) is 4.98 Å². The van der Waals surface area contributed by atoms with Crippen molar-refractivity contribution in [1.29, 1.82) is 0 Å². The van der Waals surface area contributed by atoms with Crippen LogP contribution in [0.2, 0.25) is 0 Å². The lowest BCUT2D eigenvalue weighted by Crippen LogP contribution is -1.95. The summed E-state index contributed by atoms with van der Waals surface area (Å²) in [5.41, 5.74) is 6.03. The summed E-state index contributed by atoms with van der Waals surface area (Å²) in [5, 5.41) is 0. The molecule has 0 saturated carbocycles. The van der Waals surface area contributed by atoms with E-state index < -0.39 is 0 Å². The Hall–Kier alpha value is -1.90. The zero-order valence-electron chi connectivity index (χ0n) is 12.0. The monoisotopic (exact) mass is 256 g/mol. The van der Waals surface area contributed by atoms with Gasteiger partial charge in [-0.15, -0.1) is 0 Å². The summed E-state index contributed by atoms with van der Waals surface area (Å²) in [4.78, 5) is 18.6. The molecule has 2 rings (SSSR count). The summed E-state index contributed by atoms with van der Waals surface area (Å²) >= 11 is 0. The molecule has 0 fully saturated rings. The van der Waals surface area contributed by atoms with Gasteiger partial charge in [0.2, 0.25) is 0 Å². The maximum absolute atomic E-state index is 11.0. The van der Waals surface area contributed by atoms with Crippen molar-refractivity contribution in [3.63, 3.8) is 0 Å². The number of carbonyl (C=O) groups is 1. The predicted molar refractivity (Wildman–Crippen MR) is 77.2 cm³/mol. The number of aryl methyl sites for hydroxylation is 4. The van der Waals surface area contributed by atoms with Crippen LogP contribution in [0.5, 0.6) is 0 Å². The first-order chi connectivity index (χ1) is 8.97. The summed E-state index contributed by atoms with van der Waals surface area (Å²) in [6.45, 7) is 7.96. The van der Waals surface area contributed by atoms with Crippen LogP contribution in [-0.4, -0.2) is 15.8 Å². The summed E-state index contributed by atoms with van der Waals surface area (Å²) in [6.07, 6.45) is 3.07. The molecule has 1 aromatic carbocycles. The summed E-state index contributed by atoms with van der Waals surface area (Å²) in [7, 11) is 0. The minimum atomic E-state index is 0.195. The molecule has 0 spiro atoms. The van der Waals surface area contributed by atoms with Gasteiger partial charge in [-0.05, 0) is 50.5 Å². The highest BCUT2D eigenvalue weighted by Crippen LogP contribution is 2.25. The Morgan fingerprint density at radius 3 is 2.53 bits per heavy atom. The minimum absolute atomic E-state index is 0.195. The second-order valence-corrected chi connectivity index (χ2v) is 5.20. The fourth-order valence-electron chi connectivity index (χ4n) is 2.17. The molecule has 0 aliphatic carbocycles. The number of Topliss-reactive ketones (excluding diaryl/α,β-unsaturated/α-hetero) is 1. The number of hydrogen-bond donors (Lipinski definition) is 1. The standard InChI is InChI=1S/C16H20N2O/c1-10-7-12(3)14(8-11(10)2)15-9-17-16(18-15)6-5-13(4)19/h7-9H,5-6H2,1-4H3,(H,17,18). The molecule has 3 heteroatoms. The van der Waals surface area contributed by atoms with E-state index in [1.807, 2.05) is 6.20 Å². The predicted octanol–water partition coefficient (Wildman–Crippen LogP) is 3.52. The van der Waals surface area contributed by atoms with Gasteiger partial charge in [-0.1, -0.05) is 6.07 Å². The topological polar surface area (TPSA) is 45.8 Å². The Balaban J connectivity index is 2.27. The number of aromatic amines is 1. The molecule has 2 aromatic rings. The fraction of sp³-hybridized carbons (Fsp3) is 0.375. The van der Waals surface area contributed by atoms with E-state index in [1.54, 1.807) is 6.92 Å². The largest absolute Gasteiger partial charge is 0.342 e. The number of hydrogen-bond acceptors (Lipinski definition) is 2. The number of carbonyl (C=O) groups excluding carboxylic acids is 1. The zero-order valence-corrected chi connectivity index (χ0v) is 12.0. The average Bonchev–Trinajstić information content (AvgIpc) is 2.80. The Bertz CT molecular complexity index is 611. The van der Waals surface area contributed by atoms with E-state index >= 15 is 0 Å². The third-order valence-corrected chi connectivity index (χ3v) is 3.47. The number of aromatic nitrogens is 2. The highest BCUT2D eigenvalue weighted by Gasteiger charge is 2.08. The Labute approximate surface area is 114 Å². The van der Waals surface area contributed by atoms with Gasteiger partial charge in [0.25, 0.3) is 0 Å². The first-order valence-electron chi connectivity index (χ1n) is 6.59. The van der Waals surface area contributed by atoms with E-state index in [0.29, 0.717) is 12.8 Å². The Morgan fingerprint density at radius 1 is 1.16 bits per heavy atom. The summed E-state index contributed by atoms with van der Waals surface area (Å²) in [5.74, 6) is 1.07.